The summed E-state index contributed by atoms with van der Waals surface area (Å²) >= 11 is 14.3. The lowest BCUT2D eigenvalue weighted by Gasteiger charge is -2.20. The number of benzene rings is 2. The van der Waals surface area contributed by atoms with Crippen LogP contribution in [0.3, 0.4) is 0 Å². The Hall–Kier alpha value is -3.76. The van der Waals surface area contributed by atoms with Crippen LogP contribution < -0.4 is 20.1 Å². The maximum Gasteiger partial charge on any atom is 0.237 e. The number of fused-ring (bicyclic) bond motifs is 1. The number of amides is 1. The summed E-state index contributed by atoms with van der Waals surface area (Å²) in [6.07, 6.45) is 7.45. The molecule has 0 unspecified atom stereocenters. The molecular weight excluding hydrogens is 635 g/mol. The second-order valence-electron chi connectivity index (χ2n) is 12.4. The van der Waals surface area contributed by atoms with Crippen molar-refractivity contribution in [3.8, 4) is 45.4 Å². The van der Waals surface area contributed by atoms with Gasteiger partial charge in [0, 0.05) is 59.4 Å². The van der Waals surface area contributed by atoms with Crippen molar-refractivity contribution in [3.63, 3.8) is 0 Å². The van der Waals surface area contributed by atoms with Gasteiger partial charge in [-0.1, -0.05) is 59.6 Å². The number of ether oxygens (including phenoxy) is 2. The van der Waals surface area contributed by atoms with Crippen LogP contribution in [0.25, 0.3) is 33.6 Å². The van der Waals surface area contributed by atoms with E-state index in [-0.39, 0.29) is 18.0 Å². The number of carbonyl (C=O) groups excluding carboxylic acids is 1. The van der Waals surface area contributed by atoms with Crippen molar-refractivity contribution in [3.05, 3.63) is 75.5 Å². The standard InChI is InChI=1S/C36H38Cl2N6O3/c1-46-35-30(20-44-15-3-4-16-44)40-19-29(43-35)26-10-6-8-24(34(26)38)23-7-5-9-25(33(23)37)28-17-21-11-13-27(32(21)36(42-28)47-2)39-18-22-12-14-31(45)41-22/h5-10,17,19,22,27,39H,3-4,11-16,18,20H2,1-2H3,(H,41,45)/t22-,27+/m0/s1. The number of nitrogens with one attached hydrogen (secondary N) is 2. The molecular formula is C36H38Cl2N6O3. The first kappa shape index (κ1) is 31.8. The molecule has 7 rings (SSSR count). The highest BCUT2D eigenvalue weighted by atomic mass is 35.5. The third kappa shape index (κ3) is 6.42. The molecule has 2 aromatic heterocycles. The molecule has 2 aliphatic heterocycles. The fraction of sp³-hybridized carbons (Fsp3) is 0.389. The molecule has 11 heteroatoms. The van der Waals surface area contributed by atoms with Gasteiger partial charge in [0.25, 0.3) is 0 Å². The third-order valence-corrected chi connectivity index (χ3v) is 10.3. The number of halogens is 2. The minimum atomic E-state index is 0.110. The Balaban J connectivity index is 1.18. The number of methoxy groups -OCH3 is 2. The van der Waals surface area contributed by atoms with E-state index in [1.807, 2.05) is 36.4 Å². The molecule has 2 atom stereocenters. The molecule has 2 aromatic carbocycles. The molecule has 47 heavy (non-hydrogen) atoms. The number of rotatable bonds is 10. The zero-order chi connectivity index (χ0) is 32.5. The Kier molecular flexibility index (Phi) is 9.32. The minimum Gasteiger partial charge on any atom is -0.481 e. The molecule has 1 aliphatic carbocycles. The first-order valence-corrected chi connectivity index (χ1v) is 17.0. The van der Waals surface area contributed by atoms with Gasteiger partial charge in [0.15, 0.2) is 0 Å². The summed E-state index contributed by atoms with van der Waals surface area (Å²) in [6.45, 7) is 3.56. The lowest BCUT2D eigenvalue weighted by atomic mass is 9.97. The number of nitrogens with zero attached hydrogens (tertiary/aromatic N) is 4. The highest BCUT2D eigenvalue weighted by Crippen LogP contribution is 2.44. The number of hydrogen-bond acceptors (Lipinski definition) is 8. The maximum atomic E-state index is 11.6. The molecule has 9 nitrogen and oxygen atoms in total. The fourth-order valence-electron chi connectivity index (χ4n) is 7.05. The lowest BCUT2D eigenvalue weighted by Crippen LogP contribution is -2.36. The highest BCUT2D eigenvalue weighted by Gasteiger charge is 2.30. The van der Waals surface area contributed by atoms with Crippen molar-refractivity contribution in [2.75, 3.05) is 33.9 Å². The summed E-state index contributed by atoms with van der Waals surface area (Å²) in [5, 5.41) is 7.75. The Morgan fingerprint density at radius 2 is 1.55 bits per heavy atom. The van der Waals surface area contributed by atoms with Crippen molar-refractivity contribution in [2.45, 2.75) is 57.2 Å². The molecule has 0 spiro atoms. The predicted molar refractivity (Wildman–Crippen MR) is 184 cm³/mol. The normalized spacial score (nSPS) is 19.2. The van der Waals surface area contributed by atoms with Gasteiger partial charge in [0.2, 0.25) is 17.7 Å². The molecule has 2 saturated heterocycles. The molecule has 0 saturated carbocycles. The quantitative estimate of drug-likeness (QED) is 0.193. The predicted octanol–water partition coefficient (Wildman–Crippen LogP) is 6.65. The molecule has 1 amide bonds. The zero-order valence-electron chi connectivity index (χ0n) is 26.6. The SMILES string of the molecule is COc1nc(-c2cccc(-c3cccc(-c4cc5c(c(OC)n4)[C@H](NC[C@@H]4CCC(=O)N4)CC5)c3Cl)c2Cl)cnc1CN1CCCC1. The van der Waals surface area contributed by atoms with E-state index >= 15 is 0 Å². The molecule has 0 radical (unpaired) electrons. The summed E-state index contributed by atoms with van der Waals surface area (Å²) in [5.41, 5.74) is 7.58. The van der Waals surface area contributed by atoms with Crippen LogP contribution in [0.15, 0.2) is 48.7 Å². The van der Waals surface area contributed by atoms with E-state index < -0.39 is 0 Å². The van der Waals surface area contributed by atoms with Crippen molar-refractivity contribution in [1.29, 1.82) is 0 Å². The summed E-state index contributed by atoms with van der Waals surface area (Å²) in [6, 6.07) is 14.1. The summed E-state index contributed by atoms with van der Waals surface area (Å²) in [7, 11) is 3.28. The van der Waals surface area contributed by atoms with Crippen LogP contribution >= 0.6 is 23.2 Å². The van der Waals surface area contributed by atoms with Crippen LogP contribution in [0.2, 0.25) is 10.0 Å². The van der Waals surface area contributed by atoms with Crippen molar-refractivity contribution < 1.29 is 14.3 Å². The summed E-state index contributed by atoms with van der Waals surface area (Å²) in [4.78, 5) is 28.5. The van der Waals surface area contributed by atoms with E-state index in [2.05, 4.69) is 21.6 Å². The maximum absolute atomic E-state index is 11.6. The monoisotopic (exact) mass is 672 g/mol. The van der Waals surface area contributed by atoms with Crippen LogP contribution in [0.4, 0.5) is 0 Å². The average Bonchev–Trinajstić information content (AvgIpc) is 3.86. The first-order chi connectivity index (χ1) is 22.9. The van der Waals surface area contributed by atoms with Gasteiger partial charge in [0.1, 0.15) is 5.69 Å². The lowest BCUT2D eigenvalue weighted by molar-refractivity contribution is -0.119. The van der Waals surface area contributed by atoms with Crippen LogP contribution in [0.1, 0.15) is 55.0 Å². The molecule has 0 bridgehead atoms. The highest BCUT2D eigenvalue weighted by molar-refractivity contribution is 6.39. The van der Waals surface area contributed by atoms with Gasteiger partial charge >= 0.3 is 0 Å². The van der Waals surface area contributed by atoms with E-state index in [9.17, 15) is 4.79 Å². The van der Waals surface area contributed by atoms with E-state index in [1.165, 1.54) is 18.4 Å². The van der Waals surface area contributed by atoms with Gasteiger partial charge in [-0.3, -0.25) is 14.7 Å². The summed E-state index contributed by atoms with van der Waals surface area (Å²) < 4.78 is 11.5. The Labute approximate surface area is 285 Å². The smallest absolute Gasteiger partial charge is 0.237 e. The van der Waals surface area contributed by atoms with Gasteiger partial charge in [-0.2, -0.15) is 0 Å². The van der Waals surface area contributed by atoms with Crippen LogP contribution in [0.5, 0.6) is 11.8 Å². The van der Waals surface area contributed by atoms with Gasteiger partial charge in [-0.15, -0.1) is 0 Å². The number of aromatic nitrogens is 3. The van der Waals surface area contributed by atoms with Crippen molar-refractivity contribution in [1.82, 2.24) is 30.5 Å². The number of likely N-dealkylation sites (tertiary alicyclic amines) is 1. The van der Waals surface area contributed by atoms with E-state index in [0.717, 1.165) is 78.1 Å². The van der Waals surface area contributed by atoms with Crippen LogP contribution in [0, 0.1) is 0 Å². The number of carbonyl (C=O) groups is 1. The van der Waals surface area contributed by atoms with Crippen LogP contribution in [-0.2, 0) is 17.8 Å². The van der Waals surface area contributed by atoms with Gasteiger partial charge in [0.05, 0.1) is 41.8 Å². The minimum absolute atomic E-state index is 0.110. The molecule has 3 aliphatic rings. The zero-order valence-corrected chi connectivity index (χ0v) is 28.1. The fourth-order valence-corrected chi connectivity index (χ4v) is 7.69. The van der Waals surface area contributed by atoms with Gasteiger partial charge < -0.3 is 20.1 Å². The van der Waals surface area contributed by atoms with Gasteiger partial charge in [-0.05, 0) is 56.8 Å². The molecule has 2 fully saturated rings. The van der Waals surface area contributed by atoms with Crippen molar-refractivity contribution >= 4 is 29.1 Å². The Bertz CT molecular complexity index is 1810. The first-order valence-electron chi connectivity index (χ1n) is 16.2. The molecule has 244 valence electrons. The van der Waals surface area contributed by atoms with Gasteiger partial charge in [-0.25, -0.2) is 9.97 Å². The van der Waals surface area contributed by atoms with Crippen molar-refractivity contribution in [2.24, 2.45) is 0 Å². The van der Waals surface area contributed by atoms with E-state index in [0.29, 0.717) is 40.5 Å². The van der Waals surface area contributed by atoms with E-state index in [1.54, 1.807) is 20.4 Å². The second kappa shape index (κ2) is 13.8. The number of aryl methyl sites for hydroxylation is 1. The topological polar surface area (TPSA) is 102 Å². The average molecular weight is 674 g/mol. The molecule has 2 N–H and O–H groups in total. The molecule has 4 heterocycles. The molecule has 4 aromatic rings. The Morgan fingerprint density at radius 1 is 0.894 bits per heavy atom. The summed E-state index contributed by atoms with van der Waals surface area (Å²) in [5.74, 6) is 1.22. The third-order valence-electron chi connectivity index (χ3n) is 9.47. The largest absolute Gasteiger partial charge is 0.481 e. The van der Waals surface area contributed by atoms with Crippen LogP contribution in [-0.4, -0.2) is 65.7 Å². The van der Waals surface area contributed by atoms with E-state index in [4.69, 9.17) is 47.6 Å². The Morgan fingerprint density at radius 3 is 2.21 bits per heavy atom. The number of hydrogen-bond donors (Lipinski definition) is 2. The number of pyridine rings is 1. The second-order valence-corrected chi connectivity index (χ2v) is 13.2.